The van der Waals surface area contributed by atoms with Gasteiger partial charge in [-0.3, -0.25) is 14.5 Å². The van der Waals surface area contributed by atoms with E-state index in [9.17, 15) is 14.7 Å². The van der Waals surface area contributed by atoms with E-state index in [-0.39, 0.29) is 49.1 Å². The number of hydrogen-bond acceptors (Lipinski definition) is 5. The van der Waals surface area contributed by atoms with Gasteiger partial charge in [-0.15, -0.1) is 0 Å². The largest absolute Gasteiger partial charge is 0.497 e. The van der Waals surface area contributed by atoms with E-state index in [0.29, 0.717) is 6.54 Å². The number of carbonyl (C=O) groups is 2. The highest BCUT2D eigenvalue weighted by molar-refractivity contribution is 6.91. The zero-order valence-electron chi connectivity index (χ0n) is 28.5. The van der Waals surface area contributed by atoms with Gasteiger partial charge in [-0.05, 0) is 71.8 Å². The van der Waals surface area contributed by atoms with Crippen molar-refractivity contribution in [1.82, 2.24) is 4.90 Å². The molecule has 0 aromatic heterocycles. The molecule has 0 radical (unpaired) electrons. The van der Waals surface area contributed by atoms with E-state index in [1.54, 1.807) is 16.9 Å². The van der Waals surface area contributed by atoms with Crippen molar-refractivity contribution in [2.75, 3.05) is 25.2 Å². The Hall–Kier alpha value is -4.24. The van der Waals surface area contributed by atoms with Crippen molar-refractivity contribution < 1.29 is 24.2 Å². The van der Waals surface area contributed by atoms with E-state index in [1.165, 1.54) is 10.8 Å². The Kier molecular flexibility index (Phi) is 11.9. The molecule has 8 heteroatoms. The van der Waals surface area contributed by atoms with Gasteiger partial charge < -0.3 is 19.5 Å². The first kappa shape index (κ1) is 35.1. The minimum atomic E-state index is -2.15. The van der Waals surface area contributed by atoms with Crippen LogP contribution in [0.3, 0.4) is 0 Å². The Labute approximate surface area is 286 Å². The number of aryl methyl sites for hydroxylation is 1. The number of nitrogens with zero attached hydrogens (tertiary/aromatic N) is 2. The number of benzene rings is 4. The van der Waals surface area contributed by atoms with E-state index in [2.05, 4.69) is 44.3 Å². The highest BCUT2D eigenvalue weighted by atomic mass is 28.3. The number of aliphatic hydroxyl groups is 1. The predicted octanol–water partition coefficient (Wildman–Crippen LogP) is 6.72. The lowest BCUT2D eigenvalue weighted by Crippen LogP contribution is -2.51. The van der Waals surface area contributed by atoms with Gasteiger partial charge in [0.1, 0.15) is 5.75 Å². The topological polar surface area (TPSA) is 79.3 Å². The van der Waals surface area contributed by atoms with E-state index >= 15 is 0 Å². The Balaban J connectivity index is 1.34. The number of amides is 2. The smallest absolute Gasteiger partial charge is 0.225 e. The second kappa shape index (κ2) is 16.2. The molecule has 4 aromatic carbocycles. The highest BCUT2D eigenvalue weighted by Gasteiger charge is 2.51. The molecule has 1 saturated heterocycles. The number of carbonyl (C=O) groups excluding carboxylic acids is 2. The van der Waals surface area contributed by atoms with Crippen LogP contribution in [-0.4, -0.2) is 62.9 Å². The van der Waals surface area contributed by atoms with Crippen LogP contribution in [0.1, 0.15) is 30.9 Å². The summed E-state index contributed by atoms with van der Waals surface area (Å²) in [4.78, 5) is 29.2. The maximum atomic E-state index is 13.9. The van der Waals surface area contributed by atoms with Crippen molar-refractivity contribution in [3.8, 4) is 5.75 Å². The van der Waals surface area contributed by atoms with E-state index in [1.807, 2.05) is 84.9 Å². The fraction of sp³-hybridized carbons (Fsp3) is 0.350. The van der Waals surface area contributed by atoms with Gasteiger partial charge in [0.2, 0.25) is 12.3 Å². The summed E-state index contributed by atoms with van der Waals surface area (Å²) in [6.45, 7) is 7.71. The van der Waals surface area contributed by atoms with Gasteiger partial charge in [0, 0.05) is 24.5 Å². The lowest BCUT2D eigenvalue weighted by atomic mass is 9.95. The molecular weight excluding hydrogens is 617 g/mol. The van der Waals surface area contributed by atoms with E-state index in [0.717, 1.165) is 41.9 Å². The van der Waals surface area contributed by atoms with Crippen molar-refractivity contribution in [3.63, 3.8) is 0 Å². The van der Waals surface area contributed by atoms with Gasteiger partial charge in [-0.25, -0.2) is 0 Å². The van der Waals surface area contributed by atoms with Crippen LogP contribution in [0.15, 0.2) is 109 Å². The first-order valence-electron chi connectivity index (χ1n) is 16.9. The van der Waals surface area contributed by atoms with Crippen molar-refractivity contribution in [2.45, 2.75) is 63.6 Å². The molecule has 4 aromatic rings. The number of aliphatic hydroxyl groups excluding tert-OH is 1. The van der Waals surface area contributed by atoms with Crippen LogP contribution in [-0.2, 0) is 27.3 Å². The zero-order chi connectivity index (χ0) is 34.1. The molecule has 252 valence electrons. The summed E-state index contributed by atoms with van der Waals surface area (Å²) in [5, 5.41) is 11.1. The minimum Gasteiger partial charge on any atom is -0.497 e. The van der Waals surface area contributed by atoms with Crippen LogP contribution >= 0.6 is 0 Å². The van der Waals surface area contributed by atoms with E-state index in [4.69, 9.17) is 9.47 Å². The summed E-state index contributed by atoms with van der Waals surface area (Å²) < 4.78 is 12.3. The van der Waals surface area contributed by atoms with Gasteiger partial charge in [-0.1, -0.05) is 98.0 Å². The summed E-state index contributed by atoms with van der Waals surface area (Å²) in [6, 6.07) is 36.1. The molecule has 4 atom stereocenters. The first-order valence-corrected chi connectivity index (χ1v) is 19.9. The van der Waals surface area contributed by atoms with Crippen LogP contribution in [0, 0.1) is 5.92 Å². The molecule has 0 saturated carbocycles. The van der Waals surface area contributed by atoms with Gasteiger partial charge in [-0.2, -0.15) is 0 Å². The minimum absolute atomic E-state index is 0.00372. The van der Waals surface area contributed by atoms with Gasteiger partial charge in [0.05, 0.1) is 40.4 Å². The SMILES string of the molecule is COc1ccc([Si](C)(C)[C@@H]2[C@@H](C)[C@@H](CCc3ccc(N(C=O)c4ccccc4)cc3)O[C@H]2CC(=O)N(CCO)Cc2ccccc2)cc1. The van der Waals surface area contributed by atoms with Gasteiger partial charge in [0.25, 0.3) is 0 Å². The lowest BCUT2D eigenvalue weighted by molar-refractivity contribution is -0.135. The Morgan fingerprint density at radius 1 is 0.854 bits per heavy atom. The number of ether oxygens (including phenoxy) is 2. The molecule has 0 unspecified atom stereocenters. The molecule has 1 N–H and O–H groups in total. The molecule has 1 fully saturated rings. The summed E-state index contributed by atoms with van der Waals surface area (Å²) in [5.41, 5.74) is 4.06. The fourth-order valence-electron chi connectivity index (χ4n) is 7.35. The number of para-hydroxylation sites is 1. The van der Waals surface area contributed by atoms with Gasteiger partial charge in [0.15, 0.2) is 0 Å². The lowest BCUT2D eigenvalue weighted by Gasteiger charge is -2.36. The fourth-order valence-corrected chi connectivity index (χ4v) is 11.4. The standard InChI is InChI=1S/C40H48N2O5Si/c1-30-37(24-17-31-15-18-34(19-16-31)42(29-44)33-13-9-6-10-14-33)47-38(40(30)48(3,4)36-22-20-35(46-2)21-23-36)27-39(45)41(25-26-43)28-32-11-7-5-8-12-32/h5-16,18-23,29-30,37-38,40,43H,17,24-28H2,1-4H3/t30-,37+,38-,40+/m0/s1. The van der Waals surface area contributed by atoms with E-state index < -0.39 is 8.07 Å². The van der Waals surface area contributed by atoms with Crippen molar-refractivity contribution >= 4 is 37.0 Å². The Morgan fingerprint density at radius 3 is 2.08 bits per heavy atom. The van der Waals surface area contributed by atoms with Gasteiger partial charge >= 0.3 is 0 Å². The third-order valence-corrected chi connectivity index (χ3v) is 14.3. The average Bonchev–Trinajstić information content (AvgIpc) is 3.43. The molecule has 1 heterocycles. The summed E-state index contributed by atoms with van der Waals surface area (Å²) >= 11 is 0. The summed E-state index contributed by atoms with van der Waals surface area (Å²) in [7, 11) is -0.468. The van der Waals surface area contributed by atoms with Crippen LogP contribution in [0.2, 0.25) is 18.6 Å². The van der Waals surface area contributed by atoms with Crippen LogP contribution in [0.5, 0.6) is 5.75 Å². The Bertz CT molecular complexity index is 1600. The number of anilines is 2. The second-order valence-electron chi connectivity index (χ2n) is 13.3. The third kappa shape index (κ3) is 8.24. The average molecular weight is 665 g/mol. The van der Waals surface area contributed by atoms with Crippen LogP contribution in [0.25, 0.3) is 0 Å². The Morgan fingerprint density at radius 2 is 1.48 bits per heavy atom. The van der Waals surface area contributed by atoms with Crippen molar-refractivity contribution in [3.05, 3.63) is 120 Å². The van der Waals surface area contributed by atoms with Crippen molar-refractivity contribution in [1.29, 1.82) is 0 Å². The maximum Gasteiger partial charge on any atom is 0.225 e. The molecule has 7 nitrogen and oxygen atoms in total. The maximum absolute atomic E-state index is 13.9. The number of rotatable bonds is 15. The molecule has 2 amide bonds. The molecule has 0 spiro atoms. The molecule has 48 heavy (non-hydrogen) atoms. The zero-order valence-corrected chi connectivity index (χ0v) is 29.5. The molecular formula is C40H48N2O5Si. The molecule has 0 bridgehead atoms. The van der Waals surface area contributed by atoms with Crippen LogP contribution < -0.4 is 14.8 Å². The van der Waals surface area contributed by atoms with Crippen LogP contribution in [0.4, 0.5) is 11.4 Å². The molecule has 1 aliphatic heterocycles. The number of methoxy groups -OCH3 is 1. The monoisotopic (exact) mass is 664 g/mol. The third-order valence-electron chi connectivity index (χ3n) is 9.96. The predicted molar refractivity (Wildman–Crippen MR) is 195 cm³/mol. The summed E-state index contributed by atoms with van der Waals surface area (Å²) in [5.74, 6) is 1.08. The molecule has 0 aliphatic carbocycles. The number of hydrogen-bond donors (Lipinski definition) is 1. The van der Waals surface area contributed by atoms with Crippen molar-refractivity contribution in [2.24, 2.45) is 5.92 Å². The molecule has 1 aliphatic rings. The second-order valence-corrected chi connectivity index (χ2v) is 18.0. The summed E-state index contributed by atoms with van der Waals surface area (Å²) in [6.07, 6.45) is 2.54. The first-order chi connectivity index (χ1) is 23.2. The molecule has 5 rings (SSSR count). The quantitative estimate of drug-likeness (QED) is 0.113. The normalized spacial score (nSPS) is 19.1. The highest BCUT2D eigenvalue weighted by Crippen LogP contribution is 2.46.